The molecule has 0 aliphatic carbocycles. The number of benzene rings is 1. The zero-order chi connectivity index (χ0) is 13.1. The van der Waals surface area contributed by atoms with Crippen molar-refractivity contribution in [2.24, 2.45) is 0 Å². The molecule has 0 radical (unpaired) electrons. The lowest BCUT2D eigenvalue weighted by Crippen LogP contribution is -2.29. The highest BCUT2D eigenvalue weighted by atomic mass is 79.9. The molecule has 0 unspecified atom stereocenters. The fraction of sp³-hybridized carbons (Fsp3) is 0. The predicted molar refractivity (Wildman–Crippen MR) is 67.5 cm³/mol. The van der Waals surface area contributed by atoms with E-state index in [1.165, 1.54) is 36.4 Å². The molecule has 1 aromatic carbocycles. The smallest absolute Gasteiger partial charge is 0.261 e. The van der Waals surface area contributed by atoms with Crippen LogP contribution in [0.5, 0.6) is 0 Å². The highest BCUT2D eigenvalue weighted by molar-refractivity contribution is 9.10. The largest absolute Gasteiger partial charge is 0.618 e. The van der Waals surface area contributed by atoms with Gasteiger partial charge in [0, 0.05) is 27.7 Å². The fourth-order valence-electron chi connectivity index (χ4n) is 1.33. The van der Waals surface area contributed by atoms with Crippen LogP contribution in [0.15, 0.2) is 47.2 Å². The van der Waals surface area contributed by atoms with Crippen LogP contribution in [-0.4, -0.2) is 5.91 Å². The minimum absolute atomic E-state index is 0.220. The van der Waals surface area contributed by atoms with E-state index in [2.05, 4.69) is 21.2 Å². The molecule has 0 spiro atoms. The van der Waals surface area contributed by atoms with E-state index < -0.39 is 5.91 Å². The number of nitrogens with one attached hydrogen (secondary N) is 1. The Morgan fingerprint density at radius 3 is 2.50 bits per heavy atom. The topological polar surface area (TPSA) is 56.0 Å². The highest BCUT2D eigenvalue weighted by Gasteiger charge is 2.11. The molecule has 2 rings (SSSR count). The van der Waals surface area contributed by atoms with Gasteiger partial charge in [-0.2, -0.15) is 4.73 Å². The maximum atomic E-state index is 12.7. The number of rotatable bonds is 2. The molecule has 92 valence electrons. The lowest BCUT2D eigenvalue weighted by atomic mass is 10.2. The Morgan fingerprint density at radius 1 is 1.22 bits per heavy atom. The average Bonchev–Trinajstić information content (AvgIpc) is 2.35. The van der Waals surface area contributed by atoms with E-state index in [4.69, 9.17) is 0 Å². The number of amides is 1. The van der Waals surface area contributed by atoms with E-state index >= 15 is 0 Å². The molecule has 0 saturated carbocycles. The second-order valence-corrected chi connectivity index (χ2v) is 4.34. The van der Waals surface area contributed by atoms with Gasteiger partial charge in [0.25, 0.3) is 10.5 Å². The number of carbonyl (C=O) groups excluding carboxylic acids is 1. The molecule has 1 amide bonds. The van der Waals surface area contributed by atoms with Crippen molar-refractivity contribution < 1.29 is 13.9 Å². The number of anilines is 1. The monoisotopic (exact) mass is 310 g/mol. The predicted octanol–water partition coefficient (Wildman–Crippen LogP) is 2.47. The summed E-state index contributed by atoms with van der Waals surface area (Å²) in [5, 5.41) is 13.8. The van der Waals surface area contributed by atoms with Gasteiger partial charge in [0.05, 0.1) is 0 Å². The van der Waals surface area contributed by atoms with Crippen molar-refractivity contribution in [3.63, 3.8) is 0 Å². The summed E-state index contributed by atoms with van der Waals surface area (Å²) in [6, 6.07) is 8.36. The van der Waals surface area contributed by atoms with Crippen molar-refractivity contribution in [2.75, 3.05) is 5.32 Å². The normalized spacial score (nSPS) is 10.1. The summed E-state index contributed by atoms with van der Waals surface area (Å²) >= 11 is 3.03. The van der Waals surface area contributed by atoms with Crippen molar-refractivity contribution >= 4 is 27.5 Å². The van der Waals surface area contributed by atoms with Gasteiger partial charge in [-0.15, -0.1) is 0 Å². The van der Waals surface area contributed by atoms with Crippen LogP contribution in [0.2, 0.25) is 0 Å². The molecule has 0 atom stereocenters. The van der Waals surface area contributed by atoms with E-state index in [1.54, 1.807) is 0 Å². The fourth-order valence-corrected chi connectivity index (χ4v) is 1.57. The van der Waals surface area contributed by atoms with E-state index in [1.807, 2.05) is 0 Å². The maximum Gasteiger partial charge on any atom is 0.261 e. The molecular formula is C12H8BrFN2O2. The van der Waals surface area contributed by atoms with Crippen LogP contribution in [-0.2, 0) is 0 Å². The number of nitrogens with zero attached hydrogens (tertiary/aromatic N) is 1. The Hall–Kier alpha value is -1.95. The van der Waals surface area contributed by atoms with E-state index in [0.717, 1.165) is 6.20 Å². The molecule has 2 aromatic rings. The SMILES string of the molecule is O=C(Nc1ccc(F)cc1)c1ccc(Br)[n+]([O-])c1. The molecule has 1 heterocycles. The number of hydrogen-bond acceptors (Lipinski definition) is 2. The standard InChI is InChI=1S/C12H8BrFN2O2/c13-11-6-1-8(7-16(11)18)12(17)15-10-4-2-9(14)3-5-10/h1-7H,(H,15,17). The first-order valence-electron chi connectivity index (χ1n) is 5.02. The number of halogens is 2. The summed E-state index contributed by atoms with van der Waals surface area (Å²) in [4.78, 5) is 11.8. The van der Waals surface area contributed by atoms with E-state index in [-0.39, 0.29) is 11.4 Å². The highest BCUT2D eigenvalue weighted by Crippen LogP contribution is 2.11. The zero-order valence-electron chi connectivity index (χ0n) is 9.06. The lowest BCUT2D eigenvalue weighted by molar-refractivity contribution is -0.617. The van der Waals surface area contributed by atoms with Crippen molar-refractivity contribution in [3.05, 3.63) is 63.8 Å². The quantitative estimate of drug-likeness (QED) is 0.526. The Morgan fingerprint density at radius 2 is 1.89 bits per heavy atom. The second-order valence-electron chi connectivity index (χ2n) is 3.53. The molecule has 0 aliphatic rings. The molecule has 0 saturated heterocycles. The van der Waals surface area contributed by atoms with E-state index in [9.17, 15) is 14.4 Å². The van der Waals surface area contributed by atoms with Crippen LogP contribution < -0.4 is 10.0 Å². The summed E-state index contributed by atoms with van der Waals surface area (Å²) < 4.78 is 13.5. The summed E-state index contributed by atoms with van der Waals surface area (Å²) in [6.45, 7) is 0. The molecule has 4 nitrogen and oxygen atoms in total. The first-order valence-corrected chi connectivity index (χ1v) is 5.81. The maximum absolute atomic E-state index is 12.7. The Kier molecular flexibility index (Phi) is 3.57. The van der Waals surface area contributed by atoms with Crippen LogP contribution in [0.4, 0.5) is 10.1 Å². The Labute approximate surface area is 111 Å². The summed E-state index contributed by atoms with van der Waals surface area (Å²) in [5.74, 6) is -0.812. The molecular weight excluding hydrogens is 303 g/mol. The third-order valence-electron chi connectivity index (χ3n) is 2.23. The molecule has 0 aliphatic heterocycles. The van der Waals surface area contributed by atoms with Gasteiger partial charge in [-0.05, 0) is 30.3 Å². The van der Waals surface area contributed by atoms with Gasteiger partial charge in [0.2, 0.25) is 0 Å². The van der Waals surface area contributed by atoms with Crippen LogP contribution in [0.25, 0.3) is 0 Å². The van der Waals surface area contributed by atoms with Crippen LogP contribution in [0.3, 0.4) is 0 Å². The molecule has 0 fully saturated rings. The van der Waals surface area contributed by atoms with Gasteiger partial charge in [-0.3, -0.25) is 4.79 Å². The summed E-state index contributed by atoms with van der Waals surface area (Å²) in [6.07, 6.45) is 1.16. The Bertz CT molecular complexity index is 587. The van der Waals surface area contributed by atoms with Gasteiger partial charge in [0.15, 0.2) is 6.20 Å². The van der Waals surface area contributed by atoms with Gasteiger partial charge < -0.3 is 10.5 Å². The van der Waals surface area contributed by atoms with Crippen molar-refractivity contribution in [2.45, 2.75) is 0 Å². The van der Waals surface area contributed by atoms with Crippen LogP contribution >= 0.6 is 15.9 Å². The van der Waals surface area contributed by atoms with Crippen molar-refractivity contribution in [1.29, 1.82) is 0 Å². The van der Waals surface area contributed by atoms with Crippen molar-refractivity contribution in [1.82, 2.24) is 0 Å². The first kappa shape index (κ1) is 12.5. The minimum Gasteiger partial charge on any atom is -0.618 e. The van der Waals surface area contributed by atoms with Gasteiger partial charge >= 0.3 is 0 Å². The summed E-state index contributed by atoms with van der Waals surface area (Å²) in [7, 11) is 0. The van der Waals surface area contributed by atoms with Crippen LogP contribution in [0, 0.1) is 11.0 Å². The zero-order valence-corrected chi connectivity index (χ0v) is 10.6. The molecule has 0 bridgehead atoms. The molecule has 18 heavy (non-hydrogen) atoms. The van der Waals surface area contributed by atoms with E-state index in [0.29, 0.717) is 15.0 Å². The number of hydrogen-bond donors (Lipinski definition) is 1. The van der Waals surface area contributed by atoms with Crippen molar-refractivity contribution in [3.8, 4) is 0 Å². The number of carbonyl (C=O) groups is 1. The third-order valence-corrected chi connectivity index (χ3v) is 2.85. The minimum atomic E-state index is -0.432. The molecule has 1 N–H and O–H groups in total. The third kappa shape index (κ3) is 2.84. The summed E-state index contributed by atoms with van der Waals surface area (Å²) in [5.41, 5.74) is 0.680. The lowest BCUT2D eigenvalue weighted by Gasteiger charge is -2.05. The second kappa shape index (κ2) is 5.14. The number of aromatic nitrogens is 1. The molecule has 1 aromatic heterocycles. The van der Waals surface area contributed by atoms with Gasteiger partial charge in [-0.25, -0.2) is 4.39 Å². The number of pyridine rings is 1. The van der Waals surface area contributed by atoms with Gasteiger partial charge in [-0.1, -0.05) is 0 Å². The first-order chi connectivity index (χ1) is 8.56. The molecule has 6 heteroatoms. The van der Waals surface area contributed by atoms with Gasteiger partial charge in [0.1, 0.15) is 11.4 Å². The Balaban J connectivity index is 2.16. The average molecular weight is 311 g/mol. The van der Waals surface area contributed by atoms with Crippen LogP contribution in [0.1, 0.15) is 10.4 Å².